The van der Waals surface area contributed by atoms with E-state index in [0.29, 0.717) is 22.6 Å². The van der Waals surface area contributed by atoms with Gasteiger partial charge in [0.15, 0.2) is 0 Å². The molecule has 3 rings (SSSR count). The molecule has 0 atom stereocenters. The topological polar surface area (TPSA) is 0 Å². The van der Waals surface area contributed by atoms with Gasteiger partial charge >= 0.3 is 0 Å². The van der Waals surface area contributed by atoms with Crippen molar-refractivity contribution in [2.24, 2.45) is 5.92 Å². The third kappa shape index (κ3) is 4.35. The van der Waals surface area contributed by atoms with Crippen LogP contribution in [0, 0.1) is 5.92 Å². The summed E-state index contributed by atoms with van der Waals surface area (Å²) in [5.41, 5.74) is 3.66. The second kappa shape index (κ2) is 7.48. The molecule has 1 fully saturated rings. The first-order valence-corrected chi connectivity index (χ1v) is 9.15. The molecule has 0 aliphatic heterocycles. The predicted octanol–water partition coefficient (Wildman–Crippen LogP) is 6.96. The van der Waals surface area contributed by atoms with Crippen LogP contribution in [0.2, 0.25) is 0 Å². The molecule has 1 aliphatic rings. The molecule has 0 radical (unpaired) electrons. The monoisotopic (exact) mass is 332 g/mol. The summed E-state index contributed by atoms with van der Waals surface area (Å²) in [5, 5.41) is 0. The van der Waals surface area contributed by atoms with E-state index in [1.165, 1.54) is 31.2 Å². The third-order valence-corrected chi connectivity index (χ3v) is 5.53. The summed E-state index contributed by atoms with van der Waals surface area (Å²) in [4.78, 5) is 0.608. The standard InChI is InChI=1S/C20H22F2S/c1-14-2-4-15(5-3-14)16-6-8-17(9-7-16)18-10-12-19(13-11-18)23-20(21)22/h6-15,20H,2-5H2,1H3/t14-,15-. The van der Waals surface area contributed by atoms with Crippen LogP contribution >= 0.6 is 11.8 Å². The van der Waals surface area contributed by atoms with Crippen LogP contribution < -0.4 is 0 Å². The Bertz CT molecular complexity index is 611. The van der Waals surface area contributed by atoms with Gasteiger partial charge in [-0.3, -0.25) is 0 Å². The Morgan fingerprint density at radius 2 is 1.35 bits per heavy atom. The summed E-state index contributed by atoms with van der Waals surface area (Å²) in [6.07, 6.45) is 5.24. The molecule has 0 N–H and O–H groups in total. The fraction of sp³-hybridized carbons (Fsp3) is 0.400. The van der Waals surface area contributed by atoms with Gasteiger partial charge < -0.3 is 0 Å². The molecule has 0 unspecified atom stereocenters. The van der Waals surface area contributed by atoms with E-state index >= 15 is 0 Å². The minimum Gasteiger partial charge on any atom is -0.198 e. The van der Waals surface area contributed by atoms with E-state index in [4.69, 9.17) is 0 Å². The Labute approximate surface area is 141 Å². The lowest BCUT2D eigenvalue weighted by Gasteiger charge is -2.26. The van der Waals surface area contributed by atoms with E-state index in [2.05, 4.69) is 31.2 Å². The summed E-state index contributed by atoms with van der Waals surface area (Å²) in [7, 11) is 0. The SMILES string of the molecule is C[C@H]1CC[C@H](c2ccc(-c3ccc(SC(F)F)cc3)cc2)CC1. The zero-order valence-electron chi connectivity index (χ0n) is 13.3. The predicted molar refractivity (Wildman–Crippen MR) is 94.1 cm³/mol. The summed E-state index contributed by atoms with van der Waals surface area (Å²) in [6.45, 7) is 2.34. The van der Waals surface area contributed by atoms with Crippen LogP contribution in [0.1, 0.15) is 44.1 Å². The van der Waals surface area contributed by atoms with Crippen LogP contribution in [0.4, 0.5) is 8.78 Å². The maximum Gasteiger partial charge on any atom is 0.288 e. The van der Waals surface area contributed by atoms with E-state index in [9.17, 15) is 8.78 Å². The first kappa shape index (κ1) is 16.5. The van der Waals surface area contributed by atoms with Crippen molar-refractivity contribution in [1.29, 1.82) is 0 Å². The Kier molecular flexibility index (Phi) is 5.37. The number of benzene rings is 2. The van der Waals surface area contributed by atoms with E-state index < -0.39 is 5.76 Å². The molecule has 0 aromatic heterocycles. The van der Waals surface area contributed by atoms with Crippen LogP contribution in [0.15, 0.2) is 53.4 Å². The van der Waals surface area contributed by atoms with Crippen LogP contribution in [-0.2, 0) is 0 Å². The highest BCUT2D eigenvalue weighted by Gasteiger charge is 2.19. The molecule has 3 heteroatoms. The number of alkyl halides is 2. The average molecular weight is 332 g/mol. The molecule has 2 aromatic carbocycles. The van der Waals surface area contributed by atoms with E-state index in [1.54, 1.807) is 12.1 Å². The molecule has 0 spiro atoms. The number of rotatable bonds is 4. The molecule has 0 saturated heterocycles. The molecule has 0 amide bonds. The normalized spacial score (nSPS) is 21.6. The van der Waals surface area contributed by atoms with Gasteiger partial charge in [-0.2, -0.15) is 8.78 Å². The Morgan fingerprint density at radius 1 is 0.826 bits per heavy atom. The fourth-order valence-electron chi connectivity index (χ4n) is 3.37. The van der Waals surface area contributed by atoms with Crippen LogP contribution in [0.3, 0.4) is 0 Å². The Morgan fingerprint density at radius 3 is 1.87 bits per heavy atom. The molecule has 0 heterocycles. The van der Waals surface area contributed by atoms with Crippen LogP contribution in [-0.4, -0.2) is 5.76 Å². The molecule has 1 saturated carbocycles. The second-order valence-electron chi connectivity index (χ2n) is 6.48. The Balaban J connectivity index is 1.69. The van der Waals surface area contributed by atoms with Gasteiger partial charge in [-0.05, 0) is 53.5 Å². The highest BCUT2D eigenvalue weighted by atomic mass is 32.2. The van der Waals surface area contributed by atoms with Crippen molar-refractivity contribution in [2.75, 3.05) is 0 Å². The molecule has 122 valence electrons. The first-order valence-electron chi connectivity index (χ1n) is 8.27. The zero-order valence-corrected chi connectivity index (χ0v) is 14.2. The van der Waals surface area contributed by atoms with Crippen molar-refractivity contribution < 1.29 is 8.78 Å². The van der Waals surface area contributed by atoms with Gasteiger partial charge in [0.05, 0.1) is 0 Å². The quantitative estimate of drug-likeness (QED) is 0.545. The molecular formula is C20H22F2S. The number of halogens is 2. The van der Waals surface area contributed by atoms with Crippen molar-refractivity contribution in [3.8, 4) is 11.1 Å². The van der Waals surface area contributed by atoms with Gasteiger partial charge in [0.2, 0.25) is 0 Å². The van der Waals surface area contributed by atoms with Gasteiger partial charge in [0.25, 0.3) is 5.76 Å². The lowest BCUT2D eigenvalue weighted by Crippen LogP contribution is -2.10. The third-order valence-electron chi connectivity index (χ3n) is 4.81. The lowest BCUT2D eigenvalue weighted by molar-refractivity contribution is 0.252. The van der Waals surface area contributed by atoms with Gasteiger partial charge in [-0.1, -0.05) is 67.9 Å². The highest BCUT2D eigenvalue weighted by Crippen LogP contribution is 2.36. The molecule has 1 aliphatic carbocycles. The maximum atomic E-state index is 12.4. The second-order valence-corrected chi connectivity index (χ2v) is 7.55. The first-order chi connectivity index (χ1) is 11.1. The number of hydrogen-bond acceptors (Lipinski definition) is 1. The van der Waals surface area contributed by atoms with Gasteiger partial charge in [-0.25, -0.2) is 0 Å². The van der Waals surface area contributed by atoms with Crippen molar-refractivity contribution >= 4 is 11.8 Å². The lowest BCUT2D eigenvalue weighted by atomic mass is 9.79. The average Bonchev–Trinajstić information content (AvgIpc) is 2.56. The molecule has 0 bridgehead atoms. The number of thioether (sulfide) groups is 1. The van der Waals surface area contributed by atoms with E-state index in [-0.39, 0.29) is 0 Å². The van der Waals surface area contributed by atoms with Crippen molar-refractivity contribution in [3.63, 3.8) is 0 Å². The summed E-state index contributed by atoms with van der Waals surface area (Å²) < 4.78 is 24.7. The van der Waals surface area contributed by atoms with Crippen molar-refractivity contribution in [1.82, 2.24) is 0 Å². The van der Waals surface area contributed by atoms with Crippen molar-refractivity contribution in [3.05, 3.63) is 54.1 Å². The van der Waals surface area contributed by atoms with E-state index in [1.807, 2.05) is 12.1 Å². The zero-order chi connectivity index (χ0) is 16.2. The summed E-state index contributed by atoms with van der Waals surface area (Å²) in [6, 6.07) is 16.1. The largest absolute Gasteiger partial charge is 0.288 e. The molecular weight excluding hydrogens is 310 g/mol. The molecule has 23 heavy (non-hydrogen) atoms. The van der Waals surface area contributed by atoms with Gasteiger partial charge in [0.1, 0.15) is 0 Å². The summed E-state index contributed by atoms with van der Waals surface area (Å²) in [5.74, 6) is -0.793. The Hall–Kier alpha value is -1.35. The van der Waals surface area contributed by atoms with Gasteiger partial charge in [-0.15, -0.1) is 0 Å². The highest BCUT2D eigenvalue weighted by molar-refractivity contribution is 7.99. The molecule has 0 nitrogen and oxygen atoms in total. The maximum absolute atomic E-state index is 12.4. The van der Waals surface area contributed by atoms with E-state index in [0.717, 1.165) is 17.0 Å². The van der Waals surface area contributed by atoms with Crippen LogP contribution in [0.25, 0.3) is 11.1 Å². The number of hydrogen-bond donors (Lipinski definition) is 0. The minimum atomic E-state index is -2.36. The summed E-state index contributed by atoms with van der Waals surface area (Å²) >= 11 is 0.590. The van der Waals surface area contributed by atoms with Crippen LogP contribution in [0.5, 0.6) is 0 Å². The fourth-order valence-corrected chi connectivity index (χ4v) is 3.87. The smallest absolute Gasteiger partial charge is 0.198 e. The van der Waals surface area contributed by atoms with Crippen molar-refractivity contribution in [2.45, 2.75) is 49.2 Å². The minimum absolute atomic E-state index is 0.590. The van der Waals surface area contributed by atoms with Gasteiger partial charge in [0, 0.05) is 4.90 Å². The molecule has 2 aromatic rings.